The van der Waals surface area contributed by atoms with Gasteiger partial charge in [-0.15, -0.1) is 0 Å². The summed E-state index contributed by atoms with van der Waals surface area (Å²) in [5.74, 6) is -0.582. The number of nitrogens with zero attached hydrogens (tertiary/aromatic N) is 1. The van der Waals surface area contributed by atoms with Gasteiger partial charge in [-0.25, -0.2) is 9.59 Å². The van der Waals surface area contributed by atoms with Gasteiger partial charge in [0.25, 0.3) is 5.24 Å². The molecule has 1 saturated heterocycles. The Morgan fingerprint density at radius 1 is 1.00 bits per heavy atom. The number of nitrogens with one attached hydrogen (secondary N) is 1. The number of aromatic nitrogens is 1. The molecule has 3 rings (SSSR count). The van der Waals surface area contributed by atoms with Crippen molar-refractivity contribution in [2.24, 2.45) is 0 Å². The molecular weight excluding hydrogens is 472 g/mol. The van der Waals surface area contributed by atoms with Crippen LogP contribution in [-0.4, -0.2) is 54.1 Å². The lowest BCUT2D eigenvalue weighted by atomic mass is 10.1. The molecule has 9 nitrogen and oxygen atoms in total. The summed E-state index contributed by atoms with van der Waals surface area (Å²) in [6.07, 6.45) is 6.18. The first-order valence-corrected chi connectivity index (χ1v) is 11.7. The standard InChI is InChI=1S/C19H20N2O3S.C6H8O4/c1-2-13-3-6-15(20-12-13)9-10-24-16-7-4-14(5-8-16)11-17-18(22)21-19(23)25-17;1-9-5(7)3-4-6(8)10-2/h3-8,12,17H,2,9-11H2,1H3,(H,21,22,23);3-4H,1-2H3/b;4-3+. The van der Waals surface area contributed by atoms with Crippen molar-refractivity contribution >= 4 is 34.8 Å². The van der Waals surface area contributed by atoms with Gasteiger partial charge in [-0.2, -0.15) is 0 Å². The molecule has 1 aliphatic heterocycles. The molecule has 0 spiro atoms. The number of aryl methyl sites for hydroxylation is 1. The van der Waals surface area contributed by atoms with Gasteiger partial charge in [0.2, 0.25) is 5.91 Å². The highest BCUT2D eigenvalue weighted by molar-refractivity contribution is 8.15. The Labute approximate surface area is 208 Å². The fraction of sp³-hybridized carbons (Fsp3) is 0.320. The lowest BCUT2D eigenvalue weighted by Crippen LogP contribution is -2.25. The fourth-order valence-corrected chi connectivity index (χ4v) is 3.68. The summed E-state index contributed by atoms with van der Waals surface area (Å²) in [4.78, 5) is 47.8. The number of imide groups is 1. The number of esters is 2. The minimum Gasteiger partial charge on any atom is -0.493 e. The summed E-state index contributed by atoms with van der Waals surface area (Å²) < 4.78 is 14.2. The monoisotopic (exact) mass is 500 g/mol. The van der Waals surface area contributed by atoms with E-state index in [1.54, 1.807) is 0 Å². The number of rotatable bonds is 9. The van der Waals surface area contributed by atoms with E-state index in [4.69, 9.17) is 4.74 Å². The van der Waals surface area contributed by atoms with E-state index in [9.17, 15) is 19.2 Å². The molecule has 2 aromatic rings. The van der Waals surface area contributed by atoms with Gasteiger partial charge in [0.1, 0.15) is 5.75 Å². The third kappa shape index (κ3) is 10.0. The Hall–Kier alpha value is -3.66. The van der Waals surface area contributed by atoms with Crippen LogP contribution < -0.4 is 10.1 Å². The summed E-state index contributed by atoms with van der Waals surface area (Å²) >= 11 is 1.05. The fourth-order valence-electron chi connectivity index (χ4n) is 2.82. The third-order valence-electron chi connectivity index (χ3n) is 4.79. The quantitative estimate of drug-likeness (QED) is 0.409. The molecule has 0 radical (unpaired) electrons. The van der Waals surface area contributed by atoms with E-state index < -0.39 is 11.9 Å². The van der Waals surface area contributed by atoms with Gasteiger partial charge in [-0.1, -0.05) is 36.9 Å². The second kappa shape index (κ2) is 14.6. The smallest absolute Gasteiger partial charge is 0.330 e. The molecule has 186 valence electrons. The zero-order valence-electron chi connectivity index (χ0n) is 19.8. The van der Waals surface area contributed by atoms with E-state index in [2.05, 4.69) is 32.8 Å². The van der Waals surface area contributed by atoms with Crippen molar-refractivity contribution in [2.75, 3.05) is 20.8 Å². The molecule has 2 heterocycles. The molecule has 1 unspecified atom stereocenters. The first-order chi connectivity index (χ1) is 16.8. The average Bonchev–Trinajstić information content (AvgIpc) is 3.20. The Morgan fingerprint density at radius 2 is 1.63 bits per heavy atom. The maximum atomic E-state index is 11.6. The zero-order valence-corrected chi connectivity index (χ0v) is 20.6. The molecule has 0 bridgehead atoms. The number of thioether (sulfide) groups is 1. The lowest BCUT2D eigenvalue weighted by Gasteiger charge is -2.09. The number of hydrogen-bond acceptors (Lipinski definition) is 9. The second-order valence-corrected chi connectivity index (χ2v) is 8.40. The molecule has 1 fully saturated rings. The maximum absolute atomic E-state index is 11.6. The molecule has 1 N–H and O–H groups in total. The first-order valence-electron chi connectivity index (χ1n) is 10.9. The number of carbonyl (C=O) groups excluding carboxylic acids is 4. The largest absolute Gasteiger partial charge is 0.493 e. The highest BCUT2D eigenvalue weighted by atomic mass is 32.2. The Morgan fingerprint density at radius 3 is 2.11 bits per heavy atom. The van der Waals surface area contributed by atoms with E-state index in [1.807, 2.05) is 36.5 Å². The summed E-state index contributed by atoms with van der Waals surface area (Å²) in [5, 5.41) is 1.70. The summed E-state index contributed by atoms with van der Waals surface area (Å²) in [6.45, 7) is 2.67. The summed E-state index contributed by atoms with van der Waals surface area (Å²) in [7, 11) is 2.45. The predicted molar refractivity (Wildman–Crippen MR) is 131 cm³/mol. The van der Waals surface area contributed by atoms with Crippen LogP contribution in [0, 0.1) is 0 Å². The predicted octanol–water partition coefficient (Wildman–Crippen LogP) is 3.05. The molecule has 0 aliphatic carbocycles. The summed E-state index contributed by atoms with van der Waals surface area (Å²) in [6, 6.07) is 11.8. The second-order valence-electron chi connectivity index (χ2n) is 7.22. The lowest BCUT2D eigenvalue weighted by molar-refractivity contribution is -0.137. The molecule has 1 atom stereocenters. The highest BCUT2D eigenvalue weighted by Gasteiger charge is 2.31. The van der Waals surface area contributed by atoms with Crippen molar-refractivity contribution < 1.29 is 33.4 Å². The van der Waals surface area contributed by atoms with Crippen molar-refractivity contribution in [3.05, 3.63) is 71.6 Å². The van der Waals surface area contributed by atoms with Gasteiger partial charge in [0.15, 0.2) is 0 Å². The minimum atomic E-state index is -0.578. The number of methoxy groups -OCH3 is 2. The van der Waals surface area contributed by atoms with E-state index >= 15 is 0 Å². The number of ether oxygens (including phenoxy) is 3. The molecule has 0 saturated carbocycles. The molecule has 1 aliphatic rings. The van der Waals surface area contributed by atoms with Crippen LogP contribution in [0.25, 0.3) is 0 Å². The Bertz CT molecular complexity index is 1020. The van der Waals surface area contributed by atoms with Crippen molar-refractivity contribution in [1.82, 2.24) is 10.3 Å². The number of hydrogen-bond donors (Lipinski definition) is 1. The minimum absolute atomic E-state index is 0.211. The molecular formula is C25H28N2O7S. The van der Waals surface area contributed by atoms with Gasteiger partial charge >= 0.3 is 11.9 Å². The third-order valence-corrected chi connectivity index (χ3v) is 5.77. The number of benzene rings is 1. The van der Waals surface area contributed by atoms with Crippen LogP contribution in [0.4, 0.5) is 4.79 Å². The van der Waals surface area contributed by atoms with Crippen molar-refractivity contribution in [2.45, 2.75) is 31.4 Å². The van der Waals surface area contributed by atoms with E-state index in [1.165, 1.54) is 19.8 Å². The van der Waals surface area contributed by atoms with E-state index in [-0.39, 0.29) is 16.4 Å². The van der Waals surface area contributed by atoms with E-state index in [0.717, 1.165) is 53.8 Å². The van der Waals surface area contributed by atoms with Crippen LogP contribution in [-0.2, 0) is 43.1 Å². The zero-order chi connectivity index (χ0) is 25.6. The van der Waals surface area contributed by atoms with Crippen molar-refractivity contribution in [3.63, 3.8) is 0 Å². The van der Waals surface area contributed by atoms with Crippen LogP contribution in [0.1, 0.15) is 23.7 Å². The van der Waals surface area contributed by atoms with Gasteiger partial charge in [-0.05, 0) is 42.2 Å². The normalized spacial score (nSPS) is 14.7. The van der Waals surface area contributed by atoms with Crippen LogP contribution in [0.5, 0.6) is 5.75 Å². The molecule has 35 heavy (non-hydrogen) atoms. The van der Waals surface area contributed by atoms with Crippen LogP contribution in [0.3, 0.4) is 0 Å². The highest BCUT2D eigenvalue weighted by Crippen LogP contribution is 2.23. The SMILES string of the molecule is CCc1ccc(CCOc2ccc(CC3SC(=O)NC3=O)cc2)nc1.COC(=O)/C=C/C(=O)OC. The van der Waals surface area contributed by atoms with Crippen molar-refractivity contribution in [3.8, 4) is 5.75 Å². The number of carbonyl (C=O) groups is 4. The molecule has 1 aromatic heterocycles. The number of amides is 2. The van der Waals surface area contributed by atoms with Gasteiger partial charge in [0, 0.05) is 30.5 Å². The van der Waals surface area contributed by atoms with Gasteiger partial charge < -0.3 is 14.2 Å². The van der Waals surface area contributed by atoms with Crippen LogP contribution in [0.15, 0.2) is 54.7 Å². The Balaban J connectivity index is 0.000000367. The average molecular weight is 501 g/mol. The topological polar surface area (TPSA) is 121 Å². The Kier molecular flexibility index (Phi) is 11.5. The number of pyridine rings is 1. The summed E-state index contributed by atoms with van der Waals surface area (Å²) in [5.41, 5.74) is 3.25. The van der Waals surface area contributed by atoms with Crippen LogP contribution in [0.2, 0.25) is 0 Å². The van der Waals surface area contributed by atoms with Gasteiger partial charge in [0.05, 0.1) is 26.1 Å². The molecule has 10 heteroatoms. The van der Waals surface area contributed by atoms with Gasteiger partial charge in [-0.3, -0.25) is 19.9 Å². The van der Waals surface area contributed by atoms with Crippen LogP contribution >= 0.6 is 11.8 Å². The molecule has 2 amide bonds. The van der Waals surface area contributed by atoms with E-state index in [0.29, 0.717) is 13.0 Å². The molecule has 1 aromatic carbocycles. The van der Waals surface area contributed by atoms with Crippen molar-refractivity contribution in [1.29, 1.82) is 0 Å². The first kappa shape index (κ1) is 27.6. The maximum Gasteiger partial charge on any atom is 0.330 e.